The molecule has 0 fully saturated rings. The number of nitrogens with zero attached hydrogens (tertiary/aromatic N) is 1. The molecule has 3 heteroatoms. The Morgan fingerprint density at radius 1 is 1.33 bits per heavy atom. The van der Waals surface area contributed by atoms with E-state index in [9.17, 15) is 4.79 Å². The van der Waals surface area contributed by atoms with Crippen LogP contribution in [0.3, 0.4) is 0 Å². The van der Waals surface area contributed by atoms with Gasteiger partial charge in [0, 0.05) is 15.7 Å². The summed E-state index contributed by atoms with van der Waals surface area (Å²) in [5, 5.41) is 0. The van der Waals surface area contributed by atoms with Crippen LogP contribution in [-0.2, 0) is 4.79 Å². The summed E-state index contributed by atoms with van der Waals surface area (Å²) < 4.78 is 1.11. The maximum atomic E-state index is 12.3. The maximum Gasteiger partial charge on any atom is 0.234 e. The lowest BCUT2D eigenvalue weighted by molar-refractivity contribution is -0.136. The van der Waals surface area contributed by atoms with Crippen LogP contribution in [0.5, 0.6) is 0 Å². The second-order valence-electron chi connectivity index (χ2n) is 4.35. The molecule has 0 aromatic heterocycles. The second kappa shape index (κ2) is 5.14. The molecular formula is C12H18INO. The Bertz CT molecular complexity index is 297. The van der Waals surface area contributed by atoms with Crippen molar-refractivity contribution in [1.29, 1.82) is 0 Å². The Morgan fingerprint density at radius 3 is 2.20 bits per heavy atom. The molecule has 2 nitrogen and oxygen atoms in total. The number of halogens is 1. The van der Waals surface area contributed by atoms with Crippen molar-refractivity contribution in [3.63, 3.8) is 0 Å². The monoisotopic (exact) mass is 319 g/mol. The molecule has 1 unspecified atom stereocenters. The highest BCUT2D eigenvalue weighted by molar-refractivity contribution is 14.1. The number of carbonyl (C=O) groups is 1. The number of allylic oxidation sites excluding steroid dienone is 2. The highest BCUT2D eigenvalue weighted by atomic mass is 127. The molecule has 0 aromatic rings. The summed E-state index contributed by atoms with van der Waals surface area (Å²) in [6, 6.07) is 0.520. The van der Waals surface area contributed by atoms with Crippen LogP contribution >= 0.6 is 22.6 Å². The molecule has 0 spiro atoms. The van der Waals surface area contributed by atoms with Gasteiger partial charge in [0.05, 0.1) is 5.92 Å². The highest BCUT2D eigenvalue weighted by Crippen LogP contribution is 2.28. The van der Waals surface area contributed by atoms with Crippen LogP contribution in [0, 0.1) is 5.92 Å². The molecule has 0 saturated heterocycles. The van der Waals surface area contributed by atoms with E-state index in [1.165, 1.54) is 0 Å². The fraction of sp³-hybridized carbons (Fsp3) is 0.583. The average molecular weight is 319 g/mol. The van der Waals surface area contributed by atoms with E-state index < -0.39 is 0 Å². The molecule has 0 radical (unpaired) electrons. The lowest BCUT2D eigenvalue weighted by Gasteiger charge is -2.32. The second-order valence-corrected chi connectivity index (χ2v) is 5.59. The predicted molar refractivity (Wildman–Crippen MR) is 71.9 cm³/mol. The molecule has 1 aliphatic rings. The molecule has 1 amide bonds. The van der Waals surface area contributed by atoms with E-state index in [0.717, 1.165) is 3.58 Å². The van der Waals surface area contributed by atoms with E-state index in [1.807, 2.05) is 23.1 Å². The molecule has 0 heterocycles. The summed E-state index contributed by atoms with van der Waals surface area (Å²) in [5.41, 5.74) is 0. The largest absolute Gasteiger partial charge is 0.337 e. The van der Waals surface area contributed by atoms with Gasteiger partial charge in [0.25, 0.3) is 0 Å². The van der Waals surface area contributed by atoms with Crippen LogP contribution in [0.25, 0.3) is 0 Å². The molecule has 0 aromatic carbocycles. The molecule has 0 saturated carbocycles. The number of hydrogen-bond donors (Lipinski definition) is 0. The summed E-state index contributed by atoms with van der Waals surface area (Å²) >= 11 is 2.24. The van der Waals surface area contributed by atoms with Crippen molar-refractivity contribution in [1.82, 2.24) is 4.90 Å². The summed E-state index contributed by atoms with van der Waals surface area (Å²) in [5.74, 6) is 0.171. The fourth-order valence-electron chi connectivity index (χ4n) is 1.92. The topological polar surface area (TPSA) is 20.3 Å². The zero-order valence-electron chi connectivity index (χ0n) is 9.70. The van der Waals surface area contributed by atoms with Gasteiger partial charge in [0.1, 0.15) is 0 Å². The first-order chi connectivity index (χ1) is 6.95. The third-order valence-electron chi connectivity index (χ3n) is 2.49. The lowest BCUT2D eigenvalue weighted by Crippen LogP contribution is -2.44. The molecule has 1 atom stereocenters. The van der Waals surface area contributed by atoms with E-state index in [2.05, 4.69) is 50.3 Å². The Kier molecular flexibility index (Phi) is 4.37. The molecule has 1 rings (SSSR count). The minimum absolute atomic E-state index is 0.0459. The Labute approximate surface area is 106 Å². The molecule has 0 bridgehead atoms. The smallest absolute Gasteiger partial charge is 0.234 e. The van der Waals surface area contributed by atoms with Gasteiger partial charge in [-0.1, -0.05) is 18.2 Å². The number of rotatable bonds is 3. The maximum absolute atomic E-state index is 12.3. The average Bonchev–Trinajstić information content (AvgIpc) is 2.49. The van der Waals surface area contributed by atoms with Gasteiger partial charge >= 0.3 is 0 Å². The SMILES string of the molecule is CC(C)N(C(=O)C1C=CC=C1I)C(C)C. The Morgan fingerprint density at radius 2 is 1.87 bits per heavy atom. The van der Waals surface area contributed by atoms with E-state index >= 15 is 0 Å². The van der Waals surface area contributed by atoms with Gasteiger partial charge < -0.3 is 4.90 Å². The van der Waals surface area contributed by atoms with Crippen molar-refractivity contribution in [2.45, 2.75) is 39.8 Å². The van der Waals surface area contributed by atoms with Crippen molar-refractivity contribution in [2.24, 2.45) is 5.92 Å². The third kappa shape index (κ3) is 2.83. The van der Waals surface area contributed by atoms with Gasteiger partial charge in [-0.15, -0.1) is 0 Å². The van der Waals surface area contributed by atoms with Crippen LogP contribution in [0.1, 0.15) is 27.7 Å². The number of amides is 1. The first-order valence-electron chi connectivity index (χ1n) is 5.31. The van der Waals surface area contributed by atoms with E-state index in [1.54, 1.807) is 0 Å². The third-order valence-corrected chi connectivity index (χ3v) is 3.52. The van der Waals surface area contributed by atoms with Gasteiger partial charge in [0.2, 0.25) is 5.91 Å². The summed E-state index contributed by atoms with van der Waals surface area (Å²) in [6.45, 7) is 8.25. The fourth-order valence-corrected chi connectivity index (χ4v) is 2.60. The standard InChI is InChI=1S/C12H18INO/c1-8(2)14(9(3)4)12(15)10-6-5-7-11(10)13/h5-10H,1-4H3. The van der Waals surface area contributed by atoms with Crippen molar-refractivity contribution in [2.75, 3.05) is 0 Å². The lowest BCUT2D eigenvalue weighted by atomic mass is 10.1. The molecular weight excluding hydrogens is 301 g/mol. The van der Waals surface area contributed by atoms with Gasteiger partial charge in [-0.2, -0.15) is 0 Å². The number of hydrogen-bond acceptors (Lipinski definition) is 1. The molecule has 1 aliphatic carbocycles. The molecule has 0 aliphatic heterocycles. The summed E-state index contributed by atoms with van der Waals surface area (Å²) in [6.07, 6.45) is 5.94. The highest BCUT2D eigenvalue weighted by Gasteiger charge is 2.29. The van der Waals surface area contributed by atoms with Crippen LogP contribution < -0.4 is 0 Å². The van der Waals surface area contributed by atoms with Gasteiger partial charge in [0.15, 0.2) is 0 Å². The summed E-state index contributed by atoms with van der Waals surface area (Å²) in [7, 11) is 0. The molecule has 15 heavy (non-hydrogen) atoms. The quantitative estimate of drug-likeness (QED) is 0.732. The van der Waals surface area contributed by atoms with Crippen molar-refractivity contribution in [3.05, 3.63) is 21.8 Å². The van der Waals surface area contributed by atoms with Crippen LogP contribution in [-0.4, -0.2) is 22.9 Å². The minimum atomic E-state index is -0.0459. The van der Waals surface area contributed by atoms with Crippen molar-refractivity contribution >= 4 is 28.5 Å². The molecule has 0 N–H and O–H groups in total. The first-order valence-corrected chi connectivity index (χ1v) is 6.39. The summed E-state index contributed by atoms with van der Waals surface area (Å²) in [4.78, 5) is 14.2. The first kappa shape index (κ1) is 12.7. The van der Waals surface area contributed by atoms with Crippen molar-refractivity contribution in [3.8, 4) is 0 Å². The minimum Gasteiger partial charge on any atom is -0.337 e. The van der Waals surface area contributed by atoms with Crippen LogP contribution in [0.15, 0.2) is 21.8 Å². The van der Waals surface area contributed by atoms with Crippen molar-refractivity contribution < 1.29 is 4.79 Å². The van der Waals surface area contributed by atoms with Gasteiger partial charge in [-0.05, 0) is 50.3 Å². The van der Waals surface area contributed by atoms with E-state index in [0.29, 0.717) is 0 Å². The normalized spacial score (nSPS) is 19.9. The Hall–Kier alpha value is -0.320. The predicted octanol–water partition coefficient (Wildman–Crippen LogP) is 3.14. The van der Waals surface area contributed by atoms with Gasteiger partial charge in [-0.3, -0.25) is 4.79 Å². The zero-order chi connectivity index (χ0) is 11.6. The van der Waals surface area contributed by atoms with E-state index in [-0.39, 0.29) is 23.9 Å². The molecule has 84 valence electrons. The van der Waals surface area contributed by atoms with Gasteiger partial charge in [-0.25, -0.2) is 0 Å². The number of carbonyl (C=O) groups excluding carboxylic acids is 1. The Balaban J connectivity index is 2.82. The zero-order valence-corrected chi connectivity index (χ0v) is 11.9. The van der Waals surface area contributed by atoms with Crippen LogP contribution in [0.2, 0.25) is 0 Å². The van der Waals surface area contributed by atoms with E-state index in [4.69, 9.17) is 0 Å². The van der Waals surface area contributed by atoms with Crippen LogP contribution in [0.4, 0.5) is 0 Å².